The molecule has 0 radical (unpaired) electrons. The SMILES string of the molecule is O=C(NCCCN(C(=O)c1ccc(F)cc1)c1ccc(Oc2ccccc2)cc1)NC1CCCCC1. The molecule has 0 bridgehead atoms. The van der Waals surface area contributed by atoms with Gasteiger partial charge in [0.1, 0.15) is 17.3 Å². The lowest BCUT2D eigenvalue weighted by Gasteiger charge is -2.24. The van der Waals surface area contributed by atoms with E-state index >= 15 is 0 Å². The molecule has 188 valence electrons. The molecule has 6 nitrogen and oxygen atoms in total. The van der Waals surface area contributed by atoms with Crippen molar-refractivity contribution < 1.29 is 18.7 Å². The number of nitrogens with zero attached hydrogens (tertiary/aromatic N) is 1. The van der Waals surface area contributed by atoms with E-state index in [1.165, 1.54) is 30.7 Å². The number of carbonyl (C=O) groups excluding carboxylic acids is 2. The predicted molar refractivity (Wildman–Crippen MR) is 139 cm³/mol. The van der Waals surface area contributed by atoms with Crippen molar-refractivity contribution in [3.63, 3.8) is 0 Å². The molecule has 1 fully saturated rings. The third kappa shape index (κ3) is 7.31. The molecule has 0 atom stereocenters. The summed E-state index contributed by atoms with van der Waals surface area (Å²) >= 11 is 0. The highest BCUT2D eigenvalue weighted by Crippen LogP contribution is 2.25. The second-order valence-corrected chi connectivity index (χ2v) is 8.96. The van der Waals surface area contributed by atoms with E-state index in [1.807, 2.05) is 54.6 Å². The van der Waals surface area contributed by atoms with Crippen LogP contribution in [-0.2, 0) is 0 Å². The number of benzene rings is 3. The van der Waals surface area contributed by atoms with Crippen LogP contribution < -0.4 is 20.3 Å². The molecule has 7 heteroatoms. The van der Waals surface area contributed by atoms with Gasteiger partial charge in [0, 0.05) is 30.4 Å². The molecule has 0 aromatic heterocycles. The monoisotopic (exact) mass is 489 g/mol. The molecule has 2 N–H and O–H groups in total. The second kappa shape index (κ2) is 12.7. The van der Waals surface area contributed by atoms with Crippen LogP contribution in [0.1, 0.15) is 48.9 Å². The fourth-order valence-corrected chi connectivity index (χ4v) is 4.34. The largest absolute Gasteiger partial charge is 0.457 e. The molecule has 0 unspecified atom stereocenters. The van der Waals surface area contributed by atoms with Gasteiger partial charge in [-0.1, -0.05) is 37.5 Å². The number of carbonyl (C=O) groups is 2. The van der Waals surface area contributed by atoms with Gasteiger partial charge in [-0.2, -0.15) is 0 Å². The molecule has 1 aliphatic rings. The Balaban J connectivity index is 1.38. The van der Waals surface area contributed by atoms with E-state index in [9.17, 15) is 14.0 Å². The topological polar surface area (TPSA) is 70.7 Å². The van der Waals surface area contributed by atoms with Gasteiger partial charge < -0.3 is 20.3 Å². The highest BCUT2D eigenvalue weighted by atomic mass is 19.1. The van der Waals surface area contributed by atoms with E-state index in [2.05, 4.69) is 10.6 Å². The lowest BCUT2D eigenvalue weighted by atomic mass is 9.96. The molecule has 3 aromatic carbocycles. The number of halogens is 1. The van der Waals surface area contributed by atoms with Crippen molar-refractivity contribution in [1.82, 2.24) is 10.6 Å². The van der Waals surface area contributed by atoms with Crippen LogP contribution in [0.4, 0.5) is 14.9 Å². The first-order chi connectivity index (χ1) is 17.6. The maximum atomic E-state index is 13.4. The van der Waals surface area contributed by atoms with Crippen LogP contribution in [-0.4, -0.2) is 31.1 Å². The third-order valence-corrected chi connectivity index (χ3v) is 6.25. The number of ether oxygens (including phenoxy) is 1. The minimum atomic E-state index is -0.395. The van der Waals surface area contributed by atoms with Gasteiger partial charge in [-0.3, -0.25) is 4.79 Å². The highest BCUT2D eigenvalue weighted by Gasteiger charge is 2.19. The number of para-hydroxylation sites is 1. The maximum Gasteiger partial charge on any atom is 0.315 e. The minimum absolute atomic E-state index is 0.166. The van der Waals surface area contributed by atoms with Crippen LogP contribution in [0.3, 0.4) is 0 Å². The number of hydrogen-bond donors (Lipinski definition) is 2. The van der Waals surface area contributed by atoms with Crippen molar-refractivity contribution in [1.29, 1.82) is 0 Å². The molecule has 3 aromatic rings. The zero-order valence-corrected chi connectivity index (χ0v) is 20.3. The fraction of sp³-hybridized carbons (Fsp3) is 0.310. The van der Waals surface area contributed by atoms with Crippen molar-refractivity contribution in [2.75, 3.05) is 18.0 Å². The Morgan fingerprint density at radius 1 is 0.861 bits per heavy atom. The Labute approximate surface area is 211 Å². The maximum absolute atomic E-state index is 13.4. The Morgan fingerprint density at radius 2 is 1.53 bits per heavy atom. The second-order valence-electron chi connectivity index (χ2n) is 8.96. The Bertz CT molecular complexity index is 1110. The van der Waals surface area contributed by atoms with E-state index < -0.39 is 5.82 Å². The number of hydrogen-bond acceptors (Lipinski definition) is 3. The van der Waals surface area contributed by atoms with Crippen LogP contribution in [0.15, 0.2) is 78.9 Å². The average Bonchev–Trinajstić information content (AvgIpc) is 2.91. The van der Waals surface area contributed by atoms with Crippen molar-refractivity contribution in [3.8, 4) is 11.5 Å². The molecule has 0 spiro atoms. The summed E-state index contributed by atoms with van der Waals surface area (Å²) in [5.74, 6) is 0.745. The Kier molecular flexibility index (Phi) is 8.92. The Hall–Kier alpha value is -3.87. The molecular formula is C29H32FN3O3. The van der Waals surface area contributed by atoms with Crippen LogP contribution in [0.5, 0.6) is 11.5 Å². The molecule has 0 heterocycles. The molecular weight excluding hydrogens is 457 g/mol. The number of rotatable bonds is 9. The molecule has 4 rings (SSSR count). The first-order valence-corrected chi connectivity index (χ1v) is 12.5. The summed E-state index contributed by atoms with van der Waals surface area (Å²) in [4.78, 5) is 27.2. The van der Waals surface area contributed by atoms with Crippen molar-refractivity contribution in [2.24, 2.45) is 0 Å². The lowest BCUT2D eigenvalue weighted by Crippen LogP contribution is -2.43. The van der Waals surface area contributed by atoms with E-state index in [0.29, 0.717) is 36.5 Å². The molecule has 0 aliphatic heterocycles. The third-order valence-electron chi connectivity index (χ3n) is 6.25. The summed E-state index contributed by atoms with van der Waals surface area (Å²) in [6.07, 6.45) is 6.15. The average molecular weight is 490 g/mol. The van der Waals surface area contributed by atoms with Gasteiger partial charge in [0.2, 0.25) is 0 Å². The zero-order chi connectivity index (χ0) is 25.2. The van der Waals surface area contributed by atoms with E-state index in [0.717, 1.165) is 31.4 Å². The van der Waals surface area contributed by atoms with Gasteiger partial charge in [0.25, 0.3) is 5.91 Å². The number of nitrogens with one attached hydrogen (secondary N) is 2. The highest BCUT2D eigenvalue weighted by molar-refractivity contribution is 6.06. The Morgan fingerprint density at radius 3 is 2.22 bits per heavy atom. The minimum Gasteiger partial charge on any atom is -0.457 e. The molecule has 3 amide bonds. The van der Waals surface area contributed by atoms with E-state index in [1.54, 1.807) is 4.90 Å². The molecule has 0 saturated heterocycles. The quantitative estimate of drug-likeness (QED) is 0.347. The van der Waals surface area contributed by atoms with Gasteiger partial charge in [-0.05, 0) is 79.9 Å². The number of urea groups is 1. The fourth-order valence-electron chi connectivity index (χ4n) is 4.34. The summed E-state index contributed by atoms with van der Waals surface area (Å²) in [5, 5.41) is 5.94. The van der Waals surface area contributed by atoms with Gasteiger partial charge >= 0.3 is 6.03 Å². The number of amides is 3. The van der Waals surface area contributed by atoms with Crippen LogP contribution in [0, 0.1) is 5.82 Å². The van der Waals surface area contributed by atoms with Crippen molar-refractivity contribution in [3.05, 3.63) is 90.2 Å². The van der Waals surface area contributed by atoms with Gasteiger partial charge in [-0.15, -0.1) is 0 Å². The van der Waals surface area contributed by atoms with Crippen molar-refractivity contribution in [2.45, 2.75) is 44.6 Å². The summed E-state index contributed by atoms with van der Waals surface area (Å²) < 4.78 is 19.3. The van der Waals surface area contributed by atoms with Gasteiger partial charge in [0.05, 0.1) is 0 Å². The van der Waals surface area contributed by atoms with Gasteiger partial charge in [-0.25, -0.2) is 9.18 Å². The van der Waals surface area contributed by atoms with E-state index in [4.69, 9.17) is 4.74 Å². The van der Waals surface area contributed by atoms with Crippen molar-refractivity contribution >= 4 is 17.6 Å². The standard InChI is InChI=1S/C29H32FN3O3/c30-23-14-12-22(13-15-23)28(34)33(21-7-20-31-29(35)32-24-8-3-1-4-9-24)25-16-18-27(19-17-25)36-26-10-5-2-6-11-26/h2,5-6,10-19,24H,1,3-4,7-9,20-21H2,(H2,31,32,35). The summed E-state index contributed by atoms with van der Waals surface area (Å²) in [7, 11) is 0. The van der Waals surface area contributed by atoms with Crippen LogP contribution >= 0.6 is 0 Å². The normalized spacial score (nSPS) is 13.6. The first-order valence-electron chi connectivity index (χ1n) is 12.5. The molecule has 1 aliphatic carbocycles. The number of anilines is 1. The predicted octanol–water partition coefficient (Wildman–Crippen LogP) is 6.29. The summed E-state index contributed by atoms with van der Waals surface area (Å²) in [5.41, 5.74) is 1.08. The molecule has 36 heavy (non-hydrogen) atoms. The van der Waals surface area contributed by atoms with E-state index in [-0.39, 0.29) is 18.0 Å². The molecule has 1 saturated carbocycles. The van der Waals surface area contributed by atoms with Gasteiger partial charge in [0.15, 0.2) is 0 Å². The summed E-state index contributed by atoms with van der Waals surface area (Å²) in [6, 6.07) is 22.3. The zero-order valence-electron chi connectivity index (χ0n) is 20.3. The van der Waals surface area contributed by atoms with Crippen LogP contribution in [0.25, 0.3) is 0 Å². The lowest BCUT2D eigenvalue weighted by molar-refractivity contribution is 0.0986. The summed E-state index contributed by atoms with van der Waals surface area (Å²) in [6.45, 7) is 0.819. The first kappa shape index (κ1) is 25.2. The van der Waals surface area contributed by atoms with Crippen LogP contribution in [0.2, 0.25) is 0 Å². The smallest absolute Gasteiger partial charge is 0.315 e.